The second-order valence-electron chi connectivity index (χ2n) is 11.1. The third kappa shape index (κ3) is 6.62. The van der Waals surface area contributed by atoms with Crippen LogP contribution in [0.1, 0.15) is 0 Å². The van der Waals surface area contributed by atoms with Crippen LogP contribution in [-0.2, 0) is 0 Å². The topological polar surface area (TPSA) is 66.7 Å². The van der Waals surface area contributed by atoms with E-state index in [1.54, 1.807) is 12.1 Å². The summed E-state index contributed by atoms with van der Waals surface area (Å²) in [6, 6.07) is 6.36. The summed E-state index contributed by atoms with van der Waals surface area (Å²) >= 11 is -0.583. The largest absolute Gasteiger partial charge is 0.481 e. The minimum absolute atomic E-state index is 0.0921. The van der Waals surface area contributed by atoms with Crippen molar-refractivity contribution >= 4 is 28.0 Å². The molecular weight excluding hydrogens is 966 g/mol. The van der Waals surface area contributed by atoms with Crippen molar-refractivity contribution < 1.29 is 128 Å². The molecule has 2 aromatic heterocycles. The molecule has 6 rings (SSSR count). The van der Waals surface area contributed by atoms with E-state index >= 15 is 35.1 Å². The van der Waals surface area contributed by atoms with E-state index in [2.05, 4.69) is 0 Å². The Bertz CT molecular complexity index is 2230. The van der Waals surface area contributed by atoms with Crippen LogP contribution in [0.15, 0.2) is 33.1 Å². The Labute approximate surface area is 315 Å². The van der Waals surface area contributed by atoms with Crippen molar-refractivity contribution in [3.63, 3.8) is 0 Å². The summed E-state index contributed by atoms with van der Waals surface area (Å²) in [7, 11) is 0. The lowest BCUT2D eigenvalue weighted by molar-refractivity contribution is -0.636. The highest BCUT2D eigenvalue weighted by molar-refractivity contribution is 7.20. The van der Waals surface area contributed by atoms with Gasteiger partial charge in [-0.05, 0) is 0 Å². The van der Waals surface area contributed by atoms with Crippen molar-refractivity contribution in [3.8, 4) is 11.9 Å². The van der Waals surface area contributed by atoms with E-state index in [9.17, 15) is 52.7 Å². The van der Waals surface area contributed by atoms with Crippen molar-refractivity contribution in [2.45, 2.75) is 0 Å². The van der Waals surface area contributed by atoms with E-state index in [1.165, 1.54) is 12.1 Å². The van der Waals surface area contributed by atoms with Gasteiger partial charge in [0.15, 0.2) is 69.8 Å². The maximum atomic E-state index is 15.4. The Morgan fingerprint density at radius 2 is 0.466 bits per heavy atom. The normalized spacial score (nSPS) is 11.7. The number of hydrogen-bond acceptors (Lipinski definition) is 4. The molecule has 6 aromatic rings. The van der Waals surface area contributed by atoms with E-state index < -0.39 is 166 Å². The number of hydrogen-bond donors (Lipinski definition) is 2. The maximum Gasteiger partial charge on any atom is 0.443 e. The molecule has 4 nitrogen and oxygen atoms in total. The number of benzene rings is 4. The summed E-state index contributed by atoms with van der Waals surface area (Å²) in [5.74, 6) is -71.6. The number of aromatic hydroxyl groups is 2. The van der Waals surface area contributed by atoms with Gasteiger partial charge in [0.05, 0.1) is 0 Å². The number of rotatable bonds is 6. The highest BCUT2D eigenvalue weighted by Gasteiger charge is 2.52. The Balaban J connectivity index is 0.000000414. The number of furan rings is 2. The summed E-state index contributed by atoms with van der Waals surface area (Å²) in [5, 5.41) is 17.8. The van der Waals surface area contributed by atoms with Crippen molar-refractivity contribution in [1.82, 2.24) is 0 Å². The molecule has 0 spiro atoms. The molecule has 308 valence electrons. The first-order valence-corrected chi connectivity index (χ1v) is 16.6. The summed E-state index contributed by atoms with van der Waals surface area (Å²) in [6.07, 6.45) is -7.22. The summed E-state index contributed by atoms with van der Waals surface area (Å²) < 4.78 is 305. The molecule has 0 fully saturated rings. The van der Waals surface area contributed by atoms with Gasteiger partial charge in [-0.3, -0.25) is 0 Å². The van der Waals surface area contributed by atoms with Gasteiger partial charge in [0.25, 0.3) is 11.9 Å². The second-order valence-corrected chi connectivity index (χ2v) is 13.7. The van der Waals surface area contributed by atoms with Gasteiger partial charge in [-0.15, -0.1) is 21.9 Å². The Kier molecular flexibility index (Phi) is 11.8. The molecular formula is C32H6BF20IO4. The zero-order valence-corrected chi connectivity index (χ0v) is 28.7. The van der Waals surface area contributed by atoms with Crippen LogP contribution in [0.5, 0.6) is 11.9 Å². The molecule has 0 aliphatic heterocycles. The smallest absolute Gasteiger partial charge is 0.443 e. The van der Waals surface area contributed by atoms with Crippen LogP contribution >= 0.6 is 0 Å². The first kappa shape index (κ1) is 43.6. The van der Waals surface area contributed by atoms with Gasteiger partial charge in [-0.1, -0.05) is 0 Å². The molecule has 26 heteroatoms. The van der Waals surface area contributed by atoms with E-state index in [4.69, 9.17) is 19.0 Å². The number of halogens is 21. The second kappa shape index (κ2) is 15.6. The third-order valence-corrected chi connectivity index (χ3v) is 10.2. The van der Waals surface area contributed by atoms with Crippen LogP contribution in [0, 0.1) is 124 Å². The maximum absolute atomic E-state index is 15.4. The monoisotopic (exact) mass is 972 g/mol. The van der Waals surface area contributed by atoms with E-state index in [0.29, 0.717) is 7.53 Å². The molecule has 0 amide bonds. The fourth-order valence-electron chi connectivity index (χ4n) is 5.68. The molecule has 0 atom stereocenters. The van der Waals surface area contributed by atoms with Crippen molar-refractivity contribution in [2.75, 3.05) is 0 Å². The zero-order valence-electron chi connectivity index (χ0n) is 26.5. The quantitative estimate of drug-likeness (QED) is 0.0863. The van der Waals surface area contributed by atoms with Crippen LogP contribution in [0.2, 0.25) is 0 Å². The lowest BCUT2D eigenvalue weighted by atomic mass is 9.12. The van der Waals surface area contributed by atoms with Crippen LogP contribution in [0.3, 0.4) is 0 Å². The van der Waals surface area contributed by atoms with Gasteiger partial charge in [0, 0.05) is 24.3 Å². The van der Waals surface area contributed by atoms with Gasteiger partial charge < -0.3 is 19.0 Å². The Hall–Kier alpha value is -5.57. The Morgan fingerprint density at radius 3 is 0.621 bits per heavy atom. The molecule has 0 radical (unpaired) electrons. The minimum atomic E-state index is -7.22. The fraction of sp³-hybridized carbons (Fsp3) is 0. The zero-order chi connectivity index (χ0) is 43.6. The van der Waals surface area contributed by atoms with Crippen molar-refractivity contribution in [2.24, 2.45) is 0 Å². The summed E-state index contributed by atoms with van der Waals surface area (Å²) in [5.41, 5.74) is -14.3. The molecule has 0 aliphatic rings. The van der Waals surface area contributed by atoms with Gasteiger partial charge >= 0.3 is 28.7 Å². The SMILES string of the molecule is Fc1c(F)c(F)c([B-](c2c(F)c(F)c(F)c(F)c2F)(c2c(F)c(F)c(F)c(F)c2F)c2c(F)c(F)c(F)c(F)c2F)c(F)c1F.Oc1ccc([I+]c2ccc(O)o2)o1. The van der Waals surface area contributed by atoms with Crippen LogP contribution in [-0.4, -0.2) is 16.4 Å². The van der Waals surface area contributed by atoms with Crippen LogP contribution in [0.25, 0.3) is 0 Å². The minimum Gasteiger partial charge on any atom is -0.481 e. The van der Waals surface area contributed by atoms with Gasteiger partial charge in [-0.2, -0.15) is 0 Å². The summed E-state index contributed by atoms with van der Waals surface area (Å²) in [4.78, 5) is 0. The van der Waals surface area contributed by atoms with Crippen molar-refractivity contribution in [3.05, 3.63) is 148 Å². The Morgan fingerprint density at radius 1 is 0.293 bits per heavy atom. The highest BCUT2D eigenvalue weighted by atomic mass is 127. The average Bonchev–Trinajstić information content (AvgIpc) is 3.80. The predicted molar refractivity (Wildman–Crippen MR) is 147 cm³/mol. The van der Waals surface area contributed by atoms with Crippen molar-refractivity contribution in [1.29, 1.82) is 0 Å². The average molecular weight is 972 g/mol. The van der Waals surface area contributed by atoms with E-state index in [-0.39, 0.29) is 11.9 Å². The first-order chi connectivity index (χ1) is 26.9. The molecule has 0 bridgehead atoms. The molecule has 0 saturated heterocycles. The molecule has 0 saturated carbocycles. The van der Waals surface area contributed by atoms with Crippen LogP contribution in [0.4, 0.5) is 87.8 Å². The summed E-state index contributed by atoms with van der Waals surface area (Å²) in [6.45, 7) is 0. The fourth-order valence-corrected chi connectivity index (χ4v) is 7.59. The third-order valence-electron chi connectivity index (χ3n) is 8.01. The first-order valence-electron chi connectivity index (χ1n) is 14.4. The standard InChI is InChI=1S/C24BF20.C8H5IO4/c26-5-1(6(27)14(35)21(42)13(5)34)25(2-7(28)15(36)22(43)16(37)8(2)29,3-9(30)17(38)23(44)18(39)10(3)31)4-11(32)19(40)24(45)20(41)12(4)33;10-7-3-1-5(12-7)9-6-2-4-8(11)13-6/h;1-4H,(H-,10,11)/q-1;/p+1. The molecule has 0 aliphatic carbocycles. The molecule has 0 unspecified atom stereocenters. The molecule has 58 heavy (non-hydrogen) atoms. The van der Waals surface area contributed by atoms with E-state index in [0.717, 1.165) is 0 Å². The van der Waals surface area contributed by atoms with Gasteiger partial charge in [0.1, 0.15) is 52.7 Å². The molecule has 2 N–H and O–H groups in total. The predicted octanol–water partition coefficient (Wildman–Crippen LogP) is 4.26. The highest BCUT2D eigenvalue weighted by Crippen LogP contribution is 2.30. The van der Waals surface area contributed by atoms with Gasteiger partial charge in [-0.25, -0.2) is 87.8 Å². The molecule has 2 heterocycles. The van der Waals surface area contributed by atoms with Gasteiger partial charge in [0.2, 0.25) is 0 Å². The molecule has 4 aromatic carbocycles. The van der Waals surface area contributed by atoms with Crippen LogP contribution < -0.4 is 43.1 Å². The lowest BCUT2D eigenvalue weighted by Crippen LogP contribution is -3.61. The lowest BCUT2D eigenvalue weighted by Gasteiger charge is -2.44. The van der Waals surface area contributed by atoms with E-state index in [1.807, 2.05) is 0 Å².